The summed E-state index contributed by atoms with van der Waals surface area (Å²) < 4.78 is 11.0. The molecule has 5 heteroatoms. The van der Waals surface area contributed by atoms with Crippen molar-refractivity contribution in [3.05, 3.63) is 35.1 Å². The number of nitrogens with zero attached hydrogens (tertiary/aromatic N) is 1. The van der Waals surface area contributed by atoms with Gasteiger partial charge in [-0.25, -0.2) is 0 Å². The molecule has 0 aliphatic rings. The molecule has 0 atom stereocenters. The first kappa shape index (κ1) is 11.6. The van der Waals surface area contributed by atoms with Crippen LogP contribution in [0.1, 0.15) is 0 Å². The molecule has 88 valence electrons. The van der Waals surface area contributed by atoms with Gasteiger partial charge in [-0.05, 0) is 23.8 Å². The maximum Gasteiger partial charge on any atom is 0.123 e. The molecule has 0 amide bonds. The van der Waals surface area contributed by atoms with Crippen LogP contribution in [0.3, 0.4) is 0 Å². The molecular weight excluding hydrogens is 236 g/mol. The van der Waals surface area contributed by atoms with E-state index >= 15 is 0 Å². The predicted molar refractivity (Wildman–Crippen MR) is 68.0 cm³/mol. The maximum atomic E-state index is 5.21. The molecule has 1 aromatic heterocycles. The summed E-state index contributed by atoms with van der Waals surface area (Å²) in [6.45, 7) is 0. The van der Waals surface area contributed by atoms with Gasteiger partial charge in [0.25, 0.3) is 0 Å². The van der Waals surface area contributed by atoms with Gasteiger partial charge in [-0.3, -0.25) is 5.10 Å². The summed E-state index contributed by atoms with van der Waals surface area (Å²) in [5.74, 6) is 1.47. The minimum atomic E-state index is 0.587. The molecule has 0 aliphatic carbocycles. The first-order chi connectivity index (χ1) is 8.22. The van der Waals surface area contributed by atoms with Crippen molar-refractivity contribution in [1.82, 2.24) is 10.2 Å². The van der Waals surface area contributed by atoms with Gasteiger partial charge in [-0.1, -0.05) is 12.2 Å². The molecule has 0 aliphatic heterocycles. The lowest BCUT2D eigenvalue weighted by Crippen LogP contribution is -1.90. The molecular formula is C12H12N2O2S. The molecule has 0 saturated carbocycles. The average Bonchev–Trinajstić information content (AvgIpc) is 2.38. The summed E-state index contributed by atoms with van der Waals surface area (Å²) in [6.07, 6.45) is 1.71. The smallest absolute Gasteiger partial charge is 0.123 e. The van der Waals surface area contributed by atoms with Crippen molar-refractivity contribution >= 4 is 12.2 Å². The fourth-order valence-electron chi connectivity index (χ4n) is 1.51. The Hall–Kier alpha value is -1.88. The van der Waals surface area contributed by atoms with Crippen molar-refractivity contribution < 1.29 is 9.47 Å². The number of aromatic amines is 1. The van der Waals surface area contributed by atoms with E-state index < -0.39 is 0 Å². The number of rotatable bonds is 3. The van der Waals surface area contributed by atoms with Crippen LogP contribution in [0.25, 0.3) is 11.1 Å². The zero-order chi connectivity index (χ0) is 12.3. The van der Waals surface area contributed by atoms with Crippen LogP contribution in [0.2, 0.25) is 0 Å². The van der Waals surface area contributed by atoms with Gasteiger partial charge in [-0.15, -0.1) is 0 Å². The molecule has 2 rings (SSSR count). The quantitative estimate of drug-likeness (QED) is 0.848. The maximum absolute atomic E-state index is 5.21. The second-order valence-corrected chi connectivity index (χ2v) is 3.88. The standard InChI is InChI=1S/C12H12N2O2S/c1-15-10-3-8(4-11(6-10)16-2)9-5-12(17)14-13-7-9/h3-7H,1-2H3,(H,14,17). The van der Waals surface area contributed by atoms with E-state index in [1.54, 1.807) is 20.4 Å². The van der Waals surface area contributed by atoms with E-state index in [9.17, 15) is 0 Å². The van der Waals surface area contributed by atoms with E-state index in [4.69, 9.17) is 21.7 Å². The molecule has 0 radical (unpaired) electrons. The molecule has 1 aromatic carbocycles. The number of H-pyrrole nitrogens is 1. The van der Waals surface area contributed by atoms with E-state index in [2.05, 4.69) is 10.2 Å². The molecule has 0 fully saturated rings. The highest BCUT2D eigenvalue weighted by molar-refractivity contribution is 7.71. The molecule has 0 spiro atoms. The van der Waals surface area contributed by atoms with Gasteiger partial charge < -0.3 is 9.47 Å². The van der Waals surface area contributed by atoms with Crippen molar-refractivity contribution in [2.75, 3.05) is 14.2 Å². The number of ether oxygens (including phenoxy) is 2. The highest BCUT2D eigenvalue weighted by Gasteiger charge is 2.04. The molecule has 2 aromatic rings. The van der Waals surface area contributed by atoms with Crippen LogP contribution in [-0.4, -0.2) is 24.4 Å². The number of methoxy groups -OCH3 is 2. The van der Waals surface area contributed by atoms with Crippen LogP contribution in [0.5, 0.6) is 11.5 Å². The minimum Gasteiger partial charge on any atom is -0.497 e. The number of benzene rings is 1. The second kappa shape index (κ2) is 4.97. The Labute approximate surface area is 104 Å². The molecule has 1 N–H and O–H groups in total. The van der Waals surface area contributed by atoms with Crippen molar-refractivity contribution in [3.8, 4) is 22.6 Å². The van der Waals surface area contributed by atoms with Crippen LogP contribution < -0.4 is 9.47 Å². The van der Waals surface area contributed by atoms with Gasteiger partial charge >= 0.3 is 0 Å². The van der Waals surface area contributed by atoms with Crippen LogP contribution in [0.4, 0.5) is 0 Å². The largest absolute Gasteiger partial charge is 0.497 e. The second-order valence-electron chi connectivity index (χ2n) is 3.44. The Balaban J connectivity index is 2.54. The van der Waals surface area contributed by atoms with E-state index in [0.29, 0.717) is 4.64 Å². The van der Waals surface area contributed by atoms with Crippen LogP contribution in [0.15, 0.2) is 30.5 Å². The zero-order valence-corrected chi connectivity index (χ0v) is 10.4. The average molecular weight is 248 g/mol. The van der Waals surface area contributed by atoms with Gasteiger partial charge in [0.15, 0.2) is 0 Å². The Morgan fingerprint density at radius 3 is 2.18 bits per heavy atom. The summed E-state index contributed by atoms with van der Waals surface area (Å²) in [5, 5.41) is 6.66. The third-order valence-electron chi connectivity index (χ3n) is 2.35. The highest BCUT2D eigenvalue weighted by atomic mass is 32.1. The SMILES string of the molecule is COc1cc(OC)cc(-c2cn[nH]c(=S)c2)c1. The summed E-state index contributed by atoms with van der Waals surface area (Å²) in [5.41, 5.74) is 1.87. The third-order valence-corrected chi connectivity index (χ3v) is 2.56. The van der Waals surface area contributed by atoms with Crippen molar-refractivity contribution in [1.29, 1.82) is 0 Å². The normalized spacial score (nSPS) is 10.0. The Bertz CT molecular complexity index is 558. The molecule has 0 saturated heterocycles. The van der Waals surface area contributed by atoms with Gasteiger partial charge in [0, 0.05) is 11.6 Å². The lowest BCUT2D eigenvalue weighted by molar-refractivity contribution is 0.394. The van der Waals surface area contributed by atoms with Crippen molar-refractivity contribution in [2.45, 2.75) is 0 Å². The van der Waals surface area contributed by atoms with E-state index in [1.807, 2.05) is 24.3 Å². The van der Waals surface area contributed by atoms with Crippen LogP contribution in [0, 0.1) is 4.64 Å². The minimum absolute atomic E-state index is 0.587. The Morgan fingerprint density at radius 1 is 1.00 bits per heavy atom. The third kappa shape index (κ3) is 2.62. The lowest BCUT2D eigenvalue weighted by Gasteiger charge is -2.08. The lowest BCUT2D eigenvalue weighted by atomic mass is 10.1. The topological polar surface area (TPSA) is 47.1 Å². The van der Waals surface area contributed by atoms with Gasteiger partial charge in [0.1, 0.15) is 16.1 Å². The predicted octanol–water partition coefficient (Wildman–Crippen LogP) is 2.82. The molecule has 17 heavy (non-hydrogen) atoms. The first-order valence-electron chi connectivity index (χ1n) is 5.01. The molecule has 0 unspecified atom stereocenters. The van der Waals surface area contributed by atoms with Crippen LogP contribution >= 0.6 is 12.2 Å². The van der Waals surface area contributed by atoms with Crippen molar-refractivity contribution in [3.63, 3.8) is 0 Å². The Kier molecular flexibility index (Phi) is 3.39. The summed E-state index contributed by atoms with van der Waals surface area (Å²) >= 11 is 5.04. The number of hydrogen-bond donors (Lipinski definition) is 1. The Morgan fingerprint density at radius 2 is 1.65 bits per heavy atom. The number of nitrogens with one attached hydrogen (secondary N) is 1. The summed E-state index contributed by atoms with van der Waals surface area (Å²) in [7, 11) is 3.24. The summed E-state index contributed by atoms with van der Waals surface area (Å²) in [6, 6.07) is 7.49. The monoisotopic (exact) mass is 248 g/mol. The molecule has 4 nitrogen and oxygen atoms in total. The van der Waals surface area contributed by atoms with Gasteiger partial charge in [0.2, 0.25) is 0 Å². The molecule has 0 bridgehead atoms. The fraction of sp³-hybridized carbons (Fsp3) is 0.167. The van der Waals surface area contributed by atoms with Gasteiger partial charge in [-0.2, -0.15) is 5.10 Å². The van der Waals surface area contributed by atoms with E-state index in [-0.39, 0.29) is 0 Å². The summed E-state index contributed by atoms with van der Waals surface area (Å²) in [4.78, 5) is 0. The van der Waals surface area contributed by atoms with Crippen LogP contribution in [-0.2, 0) is 0 Å². The molecule has 1 heterocycles. The number of hydrogen-bond acceptors (Lipinski definition) is 4. The fourth-order valence-corrected chi connectivity index (χ4v) is 1.69. The number of aromatic nitrogens is 2. The van der Waals surface area contributed by atoms with E-state index in [1.165, 1.54) is 0 Å². The van der Waals surface area contributed by atoms with E-state index in [0.717, 1.165) is 22.6 Å². The van der Waals surface area contributed by atoms with Crippen molar-refractivity contribution in [2.24, 2.45) is 0 Å². The first-order valence-corrected chi connectivity index (χ1v) is 5.42. The van der Waals surface area contributed by atoms with Gasteiger partial charge in [0.05, 0.1) is 20.4 Å². The zero-order valence-electron chi connectivity index (χ0n) is 9.56. The highest BCUT2D eigenvalue weighted by Crippen LogP contribution is 2.29.